The van der Waals surface area contributed by atoms with Crippen LogP contribution in [0.2, 0.25) is 0 Å². The molecule has 9 nitrogen and oxygen atoms in total. The van der Waals surface area contributed by atoms with E-state index in [4.69, 9.17) is 0 Å². The molecule has 4 atom stereocenters. The van der Waals surface area contributed by atoms with Crippen molar-refractivity contribution in [3.05, 3.63) is 40.2 Å². The van der Waals surface area contributed by atoms with Crippen molar-refractivity contribution in [1.29, 1.82) is 0 Å². The van der Waals surface area contributed by atoms with E-state index in [2.05, 4.69) is 26.1 Å². The van der Waals surface area contributed by atoms with Crippen LogP contribution in [0.15, 0.2) is 24.3 Å². The molecule has 1 aromatic heterocycles. The van der Waals surface area contributed by atoms with Crippen LogP contribution in [-0.4, -0.2) is 45.5 Å². The van der Waals surface area contributed by atoms with Crippen molar-refractivity contribution in [2.24, 2.45) is 5.92 Å². The summed E-state index contributed by atoms with van der Waals surface area (Å²) >= 11 is 0. The Morgan fingerprint density at radius 2 is 2.15 bits per heavy atom. The van der Waals surface area contributed by atoms with Crippen LogP contribution < -0.4 is 16.2 Å². The van der Waals surface area contributed by atoms with Gasteiger partial charge in [-0.1, -0.05) is 12.1 Å². The van der Waals surface area contributed by atoms with E-state index in [-0.39, 0.29) is 22.8 Å². The molecule has 1 aromatic carbocycles. The van der Waals surface area contributed by atoms with Gasteiger partial charge in [0, 0.05) is 42.7 Å². The molecular weight excluding hydrogens is 348 g/mol. The van der Waals surface area contributed by atoms with Gasteiger partial charge in [-0.25, -0.2) is 10.4 Å². The number of carbonyl (C=O) groups is 1. The number of aromatic amines is 1. The molecule has 1 saturated heterocycles. The second-order valence-electron chi connectivity index (χ2n) is 7.38. The SMILES string of the molecule is O=C(NCCCc1nc2ccccc2[nH]1)C1NNC2CCC([N+](=O)[O-])CC21. The molecule has 1 amide bonds. The third kappa shape index (κ3) is 3.79. The Kier molecular flexibility index (Phi) is 5.04. The molecule has 0 radical (unpaired) electrons. The molecule has 27 heavy (non-hydrogen) atoms. The van der Waals surface area contributed by atoms with Crippen LogP contribution >= 0.6 is 0 Å². The molecular formula is C18H24N6O3. The quantitative estimate of drug-likeness (QED) is 0.339. The average molecular weight is 372 g/mol. The average Bonchev–Trinajstić information content (AvgIpc) is 3.27. The number of amides is 1. The van der Waals surface area contributed by atoms with Crippen molar-refractivity contribution in [1.82, 2.24) is 26.1 Å². The fourth-order valence-electron chi connectivity index (χ4n) is 4.19. The van der Waals surface area contributed by atoms with Crippen LogP contribution in [0.1, 0.15) is 31.5 Å². The highest BCUT2D eigenvalue weighted by atomic mass is 16.6. The van der Waals surface area contributed by atoms with E-state index < -0.39 is 12.1 Å². The predicted molar refractivity (Wildman–Crippen MR) is 99.4 cm³/mol. The van der Waals surface area contributed by atoms with Gasteiger partial charge in [-0.3, -0.25) is 20.3 Å². The molecule has 4 unspecified atom stereocenters. The maximum atomic E-state index is 12.5. The molecule has 144 valence electrons. The fourth-order valence-corrected chi connectivity index (χ4v) is 4.19. The number of benzene rings is 1. The zero-order valence-corrected chi connectivity index (χ0v) is 15.0. The van der Waals surface area contributed by atoms with E-state index >= 15 is 0 Å². The molecule has 2 aromatic rings. The van der Waals surface area contributed by atoms with Crippen molar-refractivity contribution in [2.45, 2.75) is 50.2 Å². The lowest BCUT2D eigenvalue weighted by molar-refractivity contribution is -0.528. The summed E-state index contributed by atoms with van der Waals surface area (Å²) in [6.45, 7) is 0.546. The van der Waals surface area contributed by atoms with Gasteiger partial charge in [0.1, 0.15) is 11.9 Å². The molecule has 1 aliphatic heterocycles. The molecule has 4 N–H and O–H groups in total. The number of para-hydroxylation sites is 2. The van der Waals surface area contributed by atoms with Crippen molar-refractivity contribution in [3.8, 4) is 0 Å². The minimum absolute atomic E-state index is 0.0375. The van der Waals surface area contributed by atoms with Gasteiger partial charge in [0.25, 0.3) is 0 Å². The van der Waals surface area contributed by atoms with Crippen LogP contribution in [0, 0.1) is 16.0 Å². The van der Waals surface area contributed by atoms with Crippen LogP contribution in [0.4, 0.5) is 0 Å². The Hall–Kier alpha value is -2.52. The number of hydrogen-bond acceptors (Lipinski definition) is 6. The van der Waals surface area contributed by atoms with Crippen LogP contribution in [0.5, 0.6) is 0 Å². The molecule has 0 bridgehead atoms. The summed E-state index contributed by atoms with van der Waals surface area (Å²) in [7, 11) is 0. The normalized spacial score (nSPS) is 27.4. The molecule has 2 aliphatic rings. The number of carbonyl (C=O) groups excluding carboxylic acids is 1. The minimum atomic E-state index is -0.545. The second-order valence-corrected chi connectivity index (χ2v) is 7.38. The summed E-state index contributed by atoms with van der Waals surface area (Å²) in [6.07, 6.45) is 3.25. The van der Waals surface area contributed by atoms with Gasteiger partial charge >= 0.3 is 0 Å². The standard InChI is InChI=1S/C18H24N6O3/c25-18(17-12-10-11(24(26)27)7-8-13(12)22-23-17)19-9-3-6-16-20-14-4-1-2-5-15(14)21-16/h1-2,4-5,11-13,17,22-23H,3,6-10H2,(H,19,25)(H,20,21). The molecule has 2 heterocycles. The summed E-state index contributed by atoms with van der Waals surface area (Å²) in [6, 6.07) is 7.06. The van der Waals surface area contributed by atoms with Crippen molar-refractivity contribution < 1.29 is 9.72 Å². The van der Waals surface area contributed by atoms with E-state index in [9.17, 15) is 14.9 Å². The number of aromatic nitrogens is 2. The number of nitrogens with one attached hydrogen (secondary N) is 4. The minimum Gasteiger partial charge on any atom is -0.355 e. The lowest BCUT2D eigenvalue weighted by Gasteiger charge is -2.28. The predicted octanol–water partition coefficient (Wildman–Crippen LogP) is 0.902. The van der Waals surface area contributed by atoms with Gasteiger partial charge in [0.2, 0.25) is 11.9 Å². The van der Waals surface area contributed by atoms with Crippen molar-refractivity contribution >= 4 is 16.9 Å². The van der Waals surface area contributed by atoms with Crippen molar-refractivity contribution in [3.63, 3.8) is 0 Å². The van der Waals surface area contributed by atoms with Gasteiger partial charge < -0.3 is 10.3 Å². The smallest absolute Gasteiger partial charge is 0.238 e. The molecule has 0 spiro atoms. The summed E-state index contributed by atoms with van der Waals surface area (Å²) < 4.78 is 0. The number of H-pyrrole nitrogens is 1. The van der Waals surface area contributed by atoms with Crippen molar-refractivity contribution in [2.75, 3.05) is 6.54 Å². The zero-order valence-electron chi connectivity index (χ0n) is 15.0. The number of fused-ring (bicyclic) bond motifs is 2. The lowest BCUT2D eigenvalue weighted by atomic mass is 9.79. The maximum absolute atomic E-state index is 12.5. The Morgan fingerprint density at radius 1 is 1.30 bits per heavy atom. The van der Waals surface area contributed by atoms with Gasteiger partial charge in [0.15, 0.2) is 0 Å². The molecule has 4 rings (SSSR count). The summed E-state index contributed by atoms with van der Waals surface area (Å²) in [5.74, 6) is 0.778. The number of nitrogens with zero attached hydrogens (tertiary/aromatic N) is 2. The number of rotatable bonds is 6. The molecule has 2 fully saturated rings. The summed E-state index contributed by atoms with van der Waals surface area (Å²) in [5.41, 5.74) is 8.12. The third-order valence-corrected chi connectivity index (χ3v) is 5.63. The first-order valence-corrected chi connectivity index (χ1v) is 9.47. The van der Waals surface area contributed by atoms with E-state index in [0.29, 0.717) is 19.4 Å². The van der Waals surface area contributed by atoms with Gasteiger partial charge in [-0.15, -0.1) is 0 Å². The number of nitro groups is 1. The number of aryl methyl sites for hydroxylation is 1. The largest absolute Gasteiger partial charge is 0.355 e. The monoisotopic (exact) mass is 372 g/mol. The van der Waals surface area contributed by atoms with Crippen LogP contribution in [0.25, 0.3) is 11.0 Å². The summed E-state index contributed by atoms with van der Waals surface area (Å²) in [4.78, 5) is 31.2. The first-order valence-electron chi connectivity index (χ1n) is 9.47. The lowest BCUT2D eigenvalue weighted by Crippen LogP contribution is -2.47. The van der Waals surface area contributed by atoms with E-state index in [1.165, 1.54) is 0 Å². The maximum Gasteiger partial charge on any atom is 0.238 e. The Bertz CT molecular complexity index is 804. The molecule has 1 aliphatic carbocycles. The highest BCUT2D eigenvalue weighted by Crippen LogP contribution is 2.31. The number of imidazole rings is 1. The number of hydrogen-bond donors (Lipinski definition) is 4. The van der Waals surface area contributed by atoms with Crippen LogP contribution in [-0.2, 0) is 11.2 Å². The molecule has 9 heteroatoms. The molecule has 1 saturated carbocycles. The third-order valence-electron chi connectivity index (χ3n) is 5.63. The van der Waals surface area contributed by atoms with Crippen LogP contribution in [0.3, 0.4) is 0 Å². The Balaban J connectivity index is 1.26. The zero-order chi connectivity index (χ0) is 18.8. The topological polar surface area (TPSA) is 125 Å². The fraction of sp³-hybridized carbons (Fsp3) is 0.556. The highest BCUT2D eigenvalue weighted by molar-refractivity contribution is 5.82. The Labute approximate surface area is 156 Å². The second kappa shape index (κ2) is 7.61. The van der Waals surface area contributed by atoms with Gasteiger partial charge in [-0.05, 0) is 25.0 Å². The first-order chi connectivity index (χ1) is 13.1. The van der Waals surface area contributed by atoms with E-state index in [0.717, 1.165) is 36.1 Å². The summed E-state index contributed by atoms with van der Waals surface area (Å²) in [5, 5.41) is 14.0. The number of hydrazine groups is 1. The van der Waals surface area contributed by atoms with Gasteiger partial charge in [0.05, 0.1) is 11.0 Å². The van der Waals surface area contributed by atoms with Gasteiger partial charge in [-0.2, -0.15) is 0 Å². The Morgan fingerprint density at radius 3 is 2.96 bits per heavy atom. The first kappa shape index (κ1) is 17.9. The highest BCUT2D eigenvalue weighted by Gasteiger charge is 2.46. The van der Waals surface area contributed by atoms with E-state index in [1.54, 1.807) is 0 Å². The van der Waals surface area contributed by atoms with E-state index in [1.807, 2.05) is 24.3 Å².